The monoisotopic (exact) mass is 486 g/mol. The van der Waals surface area contributed by atoms with E-state index in [2.05, 4.69) is 15.5 Å². The van der Waals surface area contributed by atoms with Crippen LogP contribution in [0, 0.1) is 5.92 Å². The van der Waals surface area contributed by atoms with Crippen LogP contribution in [-0.2, 0) is 27.9 Å². The van der Waals surface area contributed by atoms with Gasteiger partial charge in [0.25, 0.3) is 0 Å². The minimum absolute atomic E-state index is 0.0481. The Morgan fingerprint density at radius 3 is 2.29 bits per heavy atom. The van der Waals surface area contributed by atoms with Gasteiger partial charge in [0.2, 0.25) is 17.7 Å². The lowest BCUT2D eigenvalue weighted by molar-refractivity contribution is -0.129. The van der Waals surface area contributed by atoms with Gasteiger partial charge in [0.05, 0.1) is 12.6 Å². The van der Waals surface area contributed by atoms with Gasteiger partial charge in [-0.1, -0.05) is 58.9 Å². The van der Waals surface area contributed by atoms with Gasteiger partial charge < -0.3 is 19.6 Å². The average molecular weight is 487 g/mol. The topological polar surface area (TPSA) is 118 Å². The molecule has 2 aromatic rings. The molecule has 2 amide bonds. The van der Waals surface area contributed by atoms with Gasteiger partial charge >= 0.3 is 6.09 Å². The smallest absolute Gasteiger partial charge is 0.411 e. The van der Waals surface area contributed by atoms with E-state index in [0.29, 0.717) is 12.3 Å². The zero-order chi connectivity index (χ0) is 26.1. The second-order valence-electron chi connectivity index (χ2n) is 11.5. The number of hydrogen-bond donors (Lipinski definition) is 2. The number of hydrogen-bond acceptors (Lipinski definition) is 7. The van der Waals surface area contributed by atoms with Crippen molar-refractivity contribution < 1.29 is 23.8 Å². The summed E-state index contributed by atoms with van der Waals surface area (Å²) in [6, 6.07) is 6.25. The first-order chi connectivity index (χ1) is 16.2. The van der Waals surface area contributed by atoms with Crippen LogP contribution in [0.4, 0.5) is 4.79 Å². The first kappa shape index (κ1) is 26.7. The highest BCUT2D eigenvalue weighted by atomic mass is 16.6. The summed E-state index contributed by atoms with van der Waals surface area (Å²) in [6.45, 7) is 15.2. The van der Waals surface area contributed by atoms with Crippen LogP contribution in [0.15, 0.2) is 28.7 Å². The molecule has 2 heterocycles. The van der Waals surface area contributed by atoms with Gasteiger partial charge in [-0.15, -0.1) is 10.2 Å². The fraction of sp³-hybridized carbons (Fsp3) is 0.615. The van der Waals surface area contributed by atoms with Crippen molar-refractivity contribution in [2.24, 2.45) is 5.92 Å². The third kappa shape index (κ3) is 6.39. The standard InChI is InChI=1S/C26H38N4O5/c1-15(2)19(20(31)22-28-29-23(34-22)25(3,4)5)27-21(32)18-13-16-11-9-10-12-17(16)14-30(18)24(33)35-26(6,7)8/h9-12,15,18-20,31H,13-14H2,1-8H3,(H,27,32)/t18-,19-,20?/m0/s1. The predicted molar refractivity (Wildman–Crippen MR) is 130 cm³/mol. The van der Waals surface area contributed by atoms with Gasteiger partial charge in [0, 0.05) is 11.8 Å². The van der Waals surface area contributed by atoms with E-state index in [0.717, 1.165) is 11.1 Å². The quantitative estimate of drug-likeness (QED) is 0.658. The van der Waals surface area contributed by atoms with Crippen molar-refractivity contribution in [1.82, 2.24) is 20.4 Å². The number of nitrogens with zero attached hydrogens (tertiary/aromatic N) is 3. The van der Waals surface area contributed by atoms with E-state index >= 15 is 0 Å². The molecule has 1 aliphatic heterocycles. The van der Waals surface area contributed by atoms with E-state index in [1.54, 1.807) is 20.8 Å². The summed E-state index contributed by atoms with van der Waals surface area (Å²) in [5.41, 5.74) is 0.906. The number of carbonyl (C=O) groups is 2. The first-order valence-electron chi connectivity index (χ1n) is 12.1. The molecule has 0 bridgehead atoms. The molecule has 3 rings (SSSR count). The van der Waals surface area contributed by atoms with Gasteiger partial charge in [0.15, 0.2) is 6.10 Å². The van der Waals surface area contributed by atoms with Crippen LogP contribution in [0.1, 0.15) is 84.4 Å². The second kappa shape index (κ2) is 9.97. The van der Waals surface area contributed by atoms with Crippen molar-refractivity contribution in [1.29, 1.82) is 0 Å². The van der Waals surface area contributed by atoms with Crippen LogP contribution < -0.4 is 5.32 Å². The molecule has 0 saturated heterocycles. The molecule has 3 atom stereocenters. The number of carbonyl (C=O) groups excluding carboxylic acids is 2. The highest BCUT2D eigenvalue weighted by Crippen LogP contribution is 2.28. The summed E-state index contributed by atoms with van der Waals surface area (Å²) in [7, 11) is 0. The first-order valence-corrected chi connectivity index (χ1v) is 12.1. The second-order valence-corrected chi connectivity index (χ2v) is 11.5. The van der Waals surface area contributed by atoms with Gasteiger partial charge in [-0.05, 0) is 37.8 Å². The maximum atomic E-state index is 13.6. The molecule has 1 aliphatic rings. The molecule has 0 saturated carbocycles. The fourth-order valence-corrected chi connectivity index (χ4v) is 3.95. The molecule has 9 heteroatoms. The van der Waals surface area contributed by atoms with Crippen molar-refractivity contribution in [2.45, 2.75) is 97.6 Å². The summed E-state index contributed by atoms with van der Waals surface area (Å²) in [5, 5.41) is 22.1. The van der Waals surface area contributed by atoms with Crippen molar-refractivity contribution in [2.75, 3.05) is 0 Å². The minimum atomic E-state index is -1.20. The molecule has 1 aromatic carbocycles. The zero-order valence-corrected chi connectivity index (χ0v) is 22.0. The van der Waals surface area contributed by atoms with Crippen molar-refractivity contribution >= 4 is 12.0 Å². The Morgan fingerprint density at radius 2 is 1.74 bits per heavy atom. The van der Waals surface area contributed by atoms with Gasteiger partial charge in [-0.3, -0.25) is 9.69 Å². The Hall–Kier alpha value is -2.94. The van der Waals surface area contributed by atoms with E-state index in [-0.39, 0.29) is 29.7 Å². The summed E-state index contributed by atoms with van der Waals surface area (Å²) in [4.78, 5) is 28.1. The predicted octanol–water partition coefficient (Wildman–Crippen LogP) is 3.90. The molecular formula is C26H38N4O5. The lowest BCUT2D eigenvalue weighted by Gasteiger charge is -2.38. The summed E-state index contributed by atoms with van der Waals surface area (Å²) >= 11 is 0. The Bertz CT molecular complexity index is 1050. The molecule has 35 heavy (non-hydrogen) atoms. The molecule has 0 aliphatic carbocycles. The molecule has 0 fully saturated rings. The molecule has 1 unspecified atom stereocenters. The number of aromatic nitrogens is 2. The number of fused-ring (bicyclic) bond motifs is 1. The SMILES string of the molecule is CC(C)[C@H](NC(=O)[C@@H]1Cc2ccccc2CN1C(=O)OC(C)(C)C)C(O)c1nnc(C(C)(C)C)o1. The molecule has 9 nitrogen and oxygen atoms in total. The zero-order valence-electron chi connectivity index (χ0n) is 22.0. The van der Waals surface area contributed by atoms with Crippen LogP contribution >= 0.6 is 0 Å². The number of rotatable bonds is 5. The largest absolute Gasteiger partial charge is 0.444 e. The van der Waals surface area contributed by atoms with Crippen LogP contribution in [-0.4, -0.2) is 49.9 Å². The van der Waals surface area contributed by atoms with Crippen LogP contribution in [0.25, 0.3) is 0 Å². The number of aliphatic hydroxyl groups excluding tert-OH is 1. The lowest BCUT2D eigenvalue weighted by atomic mass is 9.92. The Labute approximate surface area is 207 Å². The van der Waals surface area contributed by atoms with E-state index in [1.165, 1.54) is 4.90 Å². The summed E-state index contributed by atoms with van der Waals surface area (Å²) < 4.78 is 11.3. The molecule has 1 aromatic heterocycles. The Balaban J connectivity index is 1.85. The van der Waals surface area contributed by atoms with Crippen LogP contribution in [0.5, 0.6) is 0 Å². The van der Waals surface area contributed by atoms with Gasteiger partial charge in [-0.2, -0.15) is 0 Å². The number of amides is 2. The van der Waals surface area contributed by atoms with Gasteiger partial charge in [-0.25, -0.2) is 4.79 Å². The molecule has 192 valence electrons. The summed E-state index contributed by atoms with van der Waals surface area (Å²) in [5.74, 6) is -0.0734. The number of nitrogens with one attached hydrogen (secondary N) is 1. The maximum absolute atomic E-state index is 13.6. The fourth-order valence-electron chi connectivity index (χ4n) is 3.95. The van der Waals surface area contributed by atoms with Crippen molar-refractivity contribution in [3.63, 3.8) is 0 Å². The molecule has 0 radical (unpaired) electrons. The van der Waals surface area contributed by atoms with Crippen molar-refractivity contribution in [3.8, 4) is 0 Å². The van der Waals surface area contributed by atoms with E-state index in [9.17, 15) is 14.7 Å². The average Bonchev–Trinajstić information content (AvgIpc) is 3.25. The highest BCUT2D eigenvalue weighted by molar-refractivity contribution is 5.87. The highest BCUT2D eigenvalue weighted by Gasteiger charge is 2.39. The van der Waals surface area contributed by atoms with E-state index in [1.807, 2.05) is 58.9 Å². The normalized spacial score (nSPS) is 18.1. The third-order valence-electron chi connectivity index (χ3n) is 5.88. The van der Waals surface area contributed by atoms with Crippen molar-refractivity contribution in [3.05, 3.63) is 47.2 Å². The molecule has 2 N–H and O–H groups in total. The van der Waals surface area contributed by atoms with E-state index in [4.69, 9.17) is 9.15 Å². The van der Waals surface area contributed by atoms with Crippen LogP contribution in [0.3, 0.4) is 0 Å². The molecular weight excluding hydrogens is 448 g/mol. The number of ether oxygens (including phenoxy) is 1. The Morgan fingerprint density at radius 1 is 1.11 bits per heavy atom. The number of aliphatic hydroxyl groups is 1. The van der Waals surface area contributed by atoms with Crippen LogP contribution in [0.2, 0.25) is 0 Å². The number of benzene rings is 1. The maximum Gasteiger partial charge on any atom is 0.411 e. The Kier molecular flexibility index (Phi) is 7.59. The van der Waals surface area contributed by atoms with Gasteiger partial charge in [0.1, 0.15) is 11.6 Å². The van der Waals surface area contributed by atoms with E-state index < -0.39 is 29.9 Å². The third-order valence-corrected chi connectivity index (χ3v) is 5.88. The lowest BCUT2D eigenvalue weighted by Crippen LogP contribution is -2.56. The minimum Gasteiger partial charge on any atom is -0.444 e. The molecule has 0 spiro atoms. The summed E-state index contributed by atoms with van der Waals surface area (Å²) in [6.07, 6.45) is -1.41.